The van der Waals surface area contributed by atoms with Crippen LogP contribution in [0.3, 0.4) is 0 Å². The van der Waals surface area contributed by atoms with E-state index >= 15 is 0 Å². The van der Waals surface area contributed by atoms with E-state index in [0.29, 0.717) is 6.42 Å². The normalized spacial score (nSPS) is 23.9. The minimum atomic E-state index is -3.05. The van der Waals surface area contributed by atoms with Gasteiger partial charge in [0.25, 0.3) is 5.91 Å². The fourth-order valence-corrected chi connectivity index (χ4v) is 5.47. The smallest absolute Gasteiger partial charge is 0.317 e. The highest BCUT2D eigenvalue weighted by Gasteiger charge is 2.44. The topological polar surface area (TPSA) is 89.5 Å². The number of carbonyl (C=O) groups excluding carboxylic acids is 2. The molecule has 1 N–H and O–H groups in total. The Bertz CT molecular complexity index is 738. The fourth-order valence-electron chi connectivity index (χ4n) is 3.79. The average molecular weight is 365 g/mol. The average Bonchev–Trinajstić information content (AvgIpc) is 3.21. The molecule has 3 rings (SSSR count). The van der Waals surface area contributed by atoms with Crippen LogP contribution in [0.1, 0.15) is 37.7 Å². The van der Waals surface area contributed by atoms with E-state index < -0.39 is 21.2 Å². The number of hydrogen-bond acceptors (Lipinski definition) is 5. The van der Waals surface area contributed by atoms with Crippen LogP contribution in [-0.2, 0) is 29.6 Å². The molecule has 2 aliphatic rings. The quantitative estimate of drug-likeness (QED) is 0.796. The predicted molar refractivity (Wildman–Crippen MR) is 92.7 cm³/mol. The Morgan fingerprint density at radius 1 is 1.16 bits per heavy atom. The first-order chi connectivity index (χ1) is 11.9. The van der Waals surface area contributed by atoms with E-state index in [1.807, 2.05) is 30.3 Å². The molecule has 1 aliphatic heterocycles. The van der Waals surface area contributed by atoms with E-state index in [0.717, 1.165) is 31.2 Å². The number of nitrogens with one attached hydrogen (secondary N) is 1. The van der Waals surface area contributed by atoms with Crippen molar-refractivity contribution in [3.63, 3.8) is 0 Å². The van der Waals surface area contributed by atoms with Crippen LogP contribution < -0.4 is 5.32 Å². The third kappa shape index (κ3) is 4.03. The van der Waals surface area contributed by atoms with Gasteiger partial charge in [-0.2, -0.15) is 0 Å². The van der Waals surface area contributed by atoms with Gasteiger partial charge >= 0.3 is 5.97 Å². The summed E-state index contributed by atoms with van der Waals surface area (Å²) in [5, 5.41) is 2.64. The van der Waals surface area contributed by atoms with Crippen molar-refractivity contribution < 1.29 is 22.7 Å². The molecule has 1 aliphatic carbocycles. The number of hydrogen-bond donors (Lipinski definition) is 1. The van der Waals surface area contributed by atoms with Crippen molar-refractivity contribution in [2.45, 2.75) is 43.6 Å². The van der Waals surface area contributed by atoms with Gasteiger partial charge in [-0.3, -0.25) is 9.59 Å². The van der Waals surface area contributed by atoms with Crippen molar-refractivity contribution in [3.05, 3.63) is 35.9 Å². The monoisotopic (exact) mass is 365 g/mol. The summed E-state index contributed by atoms with van der Waals surface area (Å²) in [6.07, 6.45) is 3.76. The minimum Gasteiger partial charge on any atom is -0.455 e. The maximum absolute atomic E-state index is 12.7. The molecule has 1 aromatic carbocycles. The molecule has 1 amide bonds. The van der Waals surface area contributed by atoms with Gasteiger partial charge in [0.15, 0.2) is 16.4 Å². The van der Waals surface area contributed by atoms with Crippen LogP contribution in [0, 0.1) is 0 Å². The molecule has 0 radical (unpaired) electrons. The van der Waals surface area contributed by atoms with Crippen molar-refractivity contribution in [3.8, 4) is 0 Å². The molecule has 0 unspecified atom stereocenters. The highest BCUT2D eigenvalue weighted by atomic mass is 32.2. The highest BCUT2D eigenvalue weighted by Crippen LogP contribution is 2.42. The van der Waals surface area contributed by atoms with E-state index in [4.69, 9.17) is 4.74 Å². The lowest BCUT2D eigenvalue weighted by Gasteiger charge is -2.27. The molecule has 1 atom stereocenters. The van der Waals surface area contributed by atoms with Crippen molar-refractivity contribution in [2.24, 2.45) is 0 Å². The van der Waals surface area contributed by atoms with Gasteiger partial charge in [0.2, 0.25) is 0 Å². The first-order valence-corrected chi connectivity index (χ1v) is 10.5. The van der Waals surface area contributed by atoms with Crippen LogP contribution in [0.15, 0.2) is 30.3 Å². The predicted octanol–water partition coefficient (Wildman–Crippen LogP) is 1.34. The van der Waals surface area contributed by atoms with Gasteiger partial charge in [0.05, 0.1) is 16.9 Å². The molecule has 7 heteroatoms. The molecule has 136 valence electrons. The lowest BCUT2D eigenvalue weighted by atomic mass is 9.79. The zero-order chi connectivity index (χ0) is 17.9. The molecule has 1 saturated heterocycles. The second-order valence-electron chi connectivity index (χ2n) is 6.90. The van der Waals surface area contributed by atoms with Gasteiger partial charge in [0, 0.05) is 6.04 Å². The molecule has 1 aromatic rings. The molecule has 25 heavy (non-hydrogen) atoms. The maximum atomic E-state index is 12.7. The largest absolute Gasteiger partial charge is 0.455 e. The standard InChI is InChI=1S/C18H23NO5S/c20-16(19-15-8-11-25(22,23)13-15)12-24-17(21)18(9-4-5-10-18)14-6-2-1-3-7-14/h1-3,6-7,15H,4-5,8-13H2,(H,19,20)/t15-/m0/s1. The summed E-state index contributed by atoms with van der Waals surface area (Å²) in [4.78, 5) is 24.7. The van der Waals surface area contributed by atoms with Crippen LogP contribution in [0.2, 0.25) is 0 Å². The van der Waals surface area contributed by atoms with Crippen LogP contribution in [0.5, 0.6) is 0 Å². The Hall–Kier alpha value is -1.89. The Labute approximate surface area is 147 Å². The summed E-state index contributed by atoms with van der Waals surface area (Å²) in [7, 11) is -3.05. The van der Waals surface area contributed by atoms with E-state index in [-0.39, 0.29) is 30.1 Å². The van der Waals surface area contributed by atoms with Crippen molar-refractivity contribution in [1.29, 1.82) is 0 Å². The summed E-state index contributed by atoms with van der Waals surface area (Å²) >= 11 is 0. The molecule has 0 spiro atoms. The number of benzene rings is 1. The number of carbonyl (C=O) groups is 2. The van der Waals surface area contributed by atoms with E-state index in [9.17, 15) is 18.0 Å². The first-order valence-electron chi connectivity index (χ1n) is 8.64. The summed E-state index contributed by atoms with van der Waals surface area (Å²) in [6, 6.07) is 9.17. The third-order valence-electron chi connectivity index (χ3n) is 5.11. The summed E-state index contributed by atoms with van der Waals surface area (Å²) < 4.78 is 28.2. The summed E-state index contributed by atoms with van der Waals surface area (Å²) in [5.41, 5.74) is 0.262. The molecule has 0 bridgehead atoms. The Kier molecular flexibility index (Phi) is 5.13. The summed E-state index contributed by atoms with van der Waals surface area (Å²) in [5.74, 6) is -0.766. The van der Waals surface area contributed by atoms with Crippen molar-refractivity contribution >= 4 is 21.7 Å². The number of rotatable bonds is 5. The minimum absolute atomic E-state index is 0.0410. The number of sulfone groups is 1. The maximum Gasteiger partial charge on any atom is 0.317 e. The Balaban J connectivity index is 1.58. The summed E-state index contributed by atoms with van der Waals surface area (Å²) in [6.45, 7) is -0.371. The fraction of sp³-hybridized carbons (Fsp3) is 0.556. The van der Waals surface area contributed by atoms with Gasteiger partial charge in [-0.25, -0.2) is 8.42 Å². The van der Waals surface area contributed by atoms with Gasteiger partial charge < -0.3 is 10.1 Å². The van der Waals surface area contributed by atoms with Crippen molar-refractivity contribution in [1.82, 2.24) is 5.32 Å². The van der Waals surface area contributed by atoms with E-state index in [1.54, 1.807) is 0 Å². The molecular weight excluding hydrogens is 342 g/mol. The molecule has 2 fully saturated rings. The zero-order valence-corrected chi connectivity index (χ0v) is 14.9. The number of esters is 1. The van der Waals surface area contributed by atoms with Gasteiger partial charge in [0.1, 0.15) is 0 Å². The SMILES string of the molecule is O=C(COC(=O)C1(c2ccccc2)CCCC1)N[C@H]1CCS(=O)(=O)C1. The van der Waals surface area contributed by atoms with E-state index in [1.165, 1.54) is 0 Å². The lowest BCUT2D eigenvalue weighted by Crippen LogP contribution is -2.41. The molecular formula is C18H23NO5S. The van der Waals surface area contributed by atoms with Gasteiger partial charge in [-0.05, 0) is 24.8 Å². The molecule has 6 nitrogen and oxygen atoms in total. The van der Waals surface area contributed by atoms with Crippen LogP contribution in [0.25, 0.3) is 0 Å². The van der Waals surface area contributed by atoms with Gasteiger partial charge in [-0.1, -0.05) is 43.2 Å². The number of amides is 1. The number of ether oxygens (including phenoxy) is 1. The Morgan fingerprint density at radius 2 is 1.84 bits per heavy atom. The first kappa shape index (κ1) is 17.9. The molecule has 1 saturated carbocycles. The van der Waals surface area contributed by atoms with E-state index in [2.05, 4.69) is 5.32 Å². The van der Waals surface area contributed by atoms with Crippen LogP contribution >= 0.6 is 0 Å². The Morgan fingerprint density at radius 3 is 2.44 bits per heavy atom. The lowest BCUT2D eigenvalue weighted by molar-refractivity contribution is -0.154. The van der Waals surface area contributed by atoms with Crippen molar-refractivity contribution in [2.75, 3.05) is 18.1 Å². The second kappa shape index (κ2) is 7.15. The molecule has 1 heterocycles. The second-order valence-corrected chi connectivity index (χ2v) is 9.13. The third-order valence-corrected chi connectivity index (χ3v) is 6.87. The van der Waals surface area contributed by atoms with Crippen LogP contribution in [0.4, 0.5) is 0 Å². The zero-order valence-electron chi connectivity index (χ0n) is 14.1. The van der Waals surface area contributed by atoms with Crippen LogP contribution in [-0.4, -0.2) is 44.4 Å². The van der Waals surface area contributed by atoms with Gasteiger partial charge in [-0.15, -0.1) is 0 Å². The molecule has 0 aromatic heterocycles. The highest BCUT2D eigenvalue weighted by molar-refractivity contribution is 7.91.